The summed E-state index contributed by atoms with van der Waals surface area (Å²) in [5.74, 6) is -0.934. The lowest BCUT2D eigenvalue weighted by atomic mass is 10.1. The van der Waals surface area contributed by atoms with Gasteiger partial charge in [0.25, 0.3) is 10.0 Å². The Balaban J connectivity index is 3.09. The molecule has 0 saturated heterocycles. The van der Waals surface area contributed by atoms with Crippen molar-refractivity contribution in [2.24, 2.45) is 5.92 Å². The van der Waals surface area contributed by atoms with Crippen LogP contribution in [-0.4, -0.2) is 36.9 Å². The molecule has 0 aliphatic heterocycles. The van der Waals surface area contributed by atoms with E-state index in [4.69, 9.17) is 5.11 Å². The molecule has 102 valence electrons. The number of carboxylic acid groups (broad SMARTS) is 1. The van der Waals surface area contributed by atoms with E-state index in [1.165, 1.54) is 22.8 Å². The number of sulfonamides is 1. The zero-order chi connectivity index (χ0) is 14.1. The van der Waals surface area contributed by atoms with Crippen LogP contribution in [0.3, 0.4) is 0 Å². The molecule has 0 radical (unpaired) electrons. The molecule has 0 fully saturated rings. The first kappa shape index (κ1) is 15.1. The lowest BCUT2D eigenvalue weighted by Crippen LogP contribution is -2.37. The molecule has 1 aromatic heterocycles. The van der Waals surface area contributed by atoms with Crippen molar-refractivity contribution in [3.05, 3.63) is 17.0 Å². The summed E-state index contributed by atoms with van der Waals surface area (Å²) < 4.78 is 25.9. The van der Waals surface area contributed by atoms with Crippen molar-refractivity contribution in [1.82, 2.24) is 4.31 Å². The van der Waals surface area contributed by atoms with Crippen LogP contribution < -0.4 is 0 Å². The maximum Gasteiger partial charge on any atom is 0.336 e. The van der Waals surface area contributed by atoms with Gasteiger partial charge in [-0.15, -0.1) is 11.3 Å². The Bertz CT molecular complexity index is 533. The lowest BCUT2D eigenvalue weighted by Gasteiger charge is -2.26. The van der Waals surface area contributed by atoms with Crippen LogP contribution in [-0.2, 0) is 10.0 Å². The maximum absolute atomic E-state index is 12.3. The number of hydrogen-bond donors (Lipinski definition) is 1. The summed E-state index contributed by atoms with van der Waals surface area (Å²) in [6.45, 7) is 5.70. The van der Waals surface area contributed by atoms with Crippen molar-refractivity contribution < 1.29 is 18.3 Å². The van der Waals surface area contributed by atoms with Crippen LogP contribution in [0.25, 0.3) is 0 Å². The molecule has 0 spiro atoms. The first-order valence-corrected chi connectivity index (χ1v) is 7.79. The summed E-state index contributed by atoms with van der Waals surface area (Å²) in [5, 5.41) is 10.1. The molecule has 0 amide bonds. The molecule has 1 unspecified atom stereocenters. The van der Waals surface area contributed by atoms with Gasteiger partial charge >= 0.3 is 5.97 Å². The van der Waals surface area contributed by atoms with Crippen LogP contribution in [0.4, 0.5) is 0 Å². The second-order valence-corrected chi connectivity index (χ2v) is 7.60. The van der Waals surface area contributed by atoms with Crippen molar-refractivity contribution in [2.45, 2.75) is 31.0 Å². The van der Waals surface area contributed by atoms with E-state index in [1.54, 1.807) is 0 Å². The third kappa shape index (κ3) is 2.90. The quantitative estimate of drug-likeness (QED) is 0.901. The topological polar surface area (TPSA) is 74.7 Å². The van der Waals surface area contributed by atoms with Crippen molar-refractivity contribution in [1.29, 1.82) is 0 Å². The van der Waals surface area contributed by atoms with Crippen molar-refractivity contribution in [3.63, 3.8) is 0 Å². The summed E-state index contributed by atoms with van der Waals surface area (Å²) in [5.41, 5.74) is 0.00387. The standard InChI is InChI=1S/C11H17NO4S2/c1-7(2)8(3)12(4)18(15,16)10-5-9(6-17-10)11(13)14/h5-8H,1-4H3,(H,13,14). The van der Waals surface area contributed by atoms with Gasteiger partial charge in [-0.1, -0.05) is 13.8 Å². The normalized spacial score (nSPS) is 14.1. The Morgan fingerprint density at radius 3 is 2.33 bits per heavy atom. The van der Waals surface area contributed by atoms with Crippen LogP contribution >= 0.6 is 11.3 Å². The number of hydrogen-bond acceptors (Lipinski definition) is 4. The summed E-state index contributed by atoms with van der Waals surface area (Å²) in [4.78, 5) is 10.8. The number of nitrogens with zero attached hydrogens (tertiary/aromatic N) is 1. The van der Waals surface area contributed by atoms with Gasteiger partial charge < -0.3 is 5.11 Å². The summed E-state index contributed by atoms with van der Waals surface area (Å²) >= 11 is 0.932. The van der Waals surface area contributed by atoms with Gasteiger partial charge in [-0.05, 0) is 18.9 Å². The number of rotatable bonds is 5. The van der Waals surface area contributed by atoms with Gasteiger partial charge in [-0.25, -0.2) is 13.2 Å². The van der Waals surface area contributed by atoms with Gasteiger partial charge in [0.1, 0.15) is 4.21 Å². The first-order chi connectivity index (χ1) is 8.17. The van der Waals surface area contributed by atoms with Gasteiger partial charge in [-0.3, -0.25) is 0 Å². The molecular formula is C11H17NO4S2. The van der Waals surface area contributed by atoms with Gasteiger partial charge in [0.05, 0.1) is 5.56 Å². The fourth-order valence-electron chi connectivity index (χ4n) is 1.34. The second-order valence-electron chi connectivity index (χ2n) is 4.47. The van der Waals surface area contributed by atoms with Crippen LogP contribution in [0.5, 0.6) is 0 Å². The molecule has 1 atom stereocenters. The zero-order valence-electron chi connectivity index (χ0n) is 10.7. The van der Waals surface area contributed by atoms with E-state index in [1.807, 2.05) is 20.8 Å². The molecule has 0 saturated carbocycles. The number of carboxylic acids is 1. The van der Waals surface area contributed by atoms with E-state index in [2.05, 4.69) is 0 Å². The minimum absolute atomic E-state index is 0.00387. The molecule has 0 bridgehead atoms. The molecule has 1 heterocycles. The van der Waals surface area contributed by atoms with Gasteiger partial charge in [0.2, 0.25) is 0 Å². The molecule has 5 nitrogen and oxygen atoms in total. The Morgan fingerprint density at radius 2 is 1.94 bits per heavy atom. The lowest BCUT2D eigenvalue weighted by molar-refractivity contribution is 0.0697. The molecule has 0 aliphatic rings. The third-order valence-corrected chi connectivity index (χ3v) is 6.35. The molecular weight excluding hydrogens is 274 g/mol. The van der Waals surface area contributed by atoms with Crippen molar-refractivity contribution in [2.75, 3.05) is 7.05 Å². The first-order valence-electron chi connectivity index (χ1n) is 5.47. The largest absolute Gasteiger partial charge is 0.478 e. The highest BCUT2D eigenvalue weighted by molar-refractivity contribution is 7.91. The molecule has 18 heavy (non-hydrogen) atoms. The number of carbonyl (C=O) groups is 1. The van der Waals surface area contributed by atoms with Crippen LogP contribution in [0.2, 0.25) is 0 Å². The predicted octanol–water partition coefficient (Wildman–Crippen LogP) is 2.11. The molecule has 0 aliphatic carbocycles. The molecule has 0 aromatic carbocycles. The summed E-state index contributed by atoms with van der Waals surface area (Å²) in [6.07, 6.45) is 0. The fourth-order valence-corrected chi connectivity index (χ4v) is 4.18. The van der Waals surface area contributed by atoms with E-state index in [0.29, 0.717) is 0 Å². The Morgan fingerprint density at radius 1 is 1.39 bits per heavy atom. The zero-order valence-corrected chi connectivity index (χ0v) is 12.4. The molecule has 1 aromatic rings. The van der Waals surface area contributed by atoms with E-state index < -0.39 is 16.0 Å². The third-order valence-electron chi connectivity index (χ3n) is 2.99. The highest BCUT2D eigenvalue weighted by atomic mass is 32.2. The minimum atomic E-state index is -3.61. The maximum atomic E-state index is 12.3. The van der Waals surface area contributed by atoms with E-state index >= 15 is 0 Å². The van der Waals surface area contributed by atoms with E-state index in [0.717, 1.165) is 11.3 Å². The highest BCUT2D eigenvalue weighted by Gasteiger charge is 2.28. The average Bonchev–Trinajstić information content (AvgIpc) is 2.76. The van der Waals surface area contributed by atoms with Gasteiger partial charge in [-0.2, -0.15) is 4.31 Å². The van der Waals surface area contributed by atoms with Crippen molar-refractivity contribution >= 4 is 27.3 Å². The van der Waals surface area contributed by atoms with Crippen LogP contribution in [0.1, 0.15) is 31.1 Å². The van der Waals surface area contributed by atoms with Gasteiger partial charge in [0, 0.05) is 18.5 Å². The average molecular weight is 291 g/mol. The smallest absolute Gasteiger partial charge is 0.336 e. The SMILES string of the molecule is CC(C)C(C)N(C)S(=O)(=O)c1cc(C(=O)O)cs1. The Hall–Kier alpha value is -0.920. The molecule has 1 rings (SSSR count). The number of thiophene rings is 1. The van der Waals surface area contributed by atoms with Crippen LogP contribution in [0, 0.1) is 5.92 Å². The van der Waals surface area contributed by atoms with Crippen LogP contribution in [0.15, 0.2) is 15.7 Å². The van der Waals surface area contributed by atoms with E-state index in [9.17, 15) is 13.2 Å². The minimum Gasteiger partial charge on any atom is -0.478 e. The second kappa shape index (κ2) is 5.38. The fraction of sp³-hybridized carbons (Fsp3) is 0.545. The predicted molar refractivity (Wildman–Crippen MR) is 70.5 cm³/mol. The monoisotopic (exact) mass is 291 g/mol. The molecule has 1 N–H and O–H groups in total. The summed E-state index contributed by atoms with van der Waals surface area (Å²) in [7, 11) is -2.09. The summed E-state index contributed by atoms with van der Waals surface area (Å²) in [6, 6.07) is 1.05. The molecule has 7 heteroatoms. The highest BCUT2D eigenvalue weighted by Crippen LogP contribution is 2.25. The Labute approximate surface area is 111 Å². The van der Waals surface area contributed by atoms with Gasteiger partial charge in [0.15, 0.2) is 0 Å². The van der Waals surface area contributed by atoms with Crippen molar-refractivity contribution in [3.8, 4) is 0 Å². The van der Waals surface area contributed by atoms with E-state index in [-0.39, 0.29) is 21.7 Å². The number of aromatic carboxylic acids is 1. The Kier molecular flexibility index (Phi) is 4.52.